The van der Waals surface area contributed by atoms with Crippen molar-refractivity contribution in [2.45, 2.75) is 0 Å². The van der Waals surface area contributed by atoms with Crippen molar-refractivity contribution in [3.63, 3.8) is 0 Å². The second kappa shape index (κ2) is 8.32. The van der Waals surface area contributed by atoms with E-state index in [2.05, 4.69) is 13.2 Å². The highest BCUT2D eigenvalue weighted by Gasteiger charge is 2.20. The molecule has 1 amide bonds. The third-order valence-corrected chi connectivity index (χ3v) is 2.81. The van der Waals surface area contributed by atoms with Gasteiger partial charge in [-0.2, -0.15) is 0 Å². The van der Waals surface area contributed by atoms with Crippen molar-refractivity contribution in [3.05, 3.63) is 59.2 Å². The maximum Gasteiger partial charge on any atom is 0.335 e. The summed E-state index contributed by atoms with van der Waals surface area (Å²) in [5.41, 5.74) is -0.589. The van der Waals surface area contributed by atoms with Gasteiger partial charge < -0.3 is 14.7 Å². The lowest BCUT2D eigenvalue weighted by molar-refractivity contribution is -0.385. The van der Waals surface area contributed by atoms with Gasteiger partial charge in [-0.05, 0) is 6.07 Å². The third-order valence-electron chi connectivity index (χ3n) is 2.81. The average molecular weight is 320 g/mol. The lowest BCUT2D eigenvalue weighted by atomic mass is 10.2. The van der Waals surface area contributed by atoms with Crippen LogP contribution in [0.25, 0.3) is 0 Å². The Balaban J connectivity index is 2.94. The molecule has 1 rings (SSSR count). The number of hydrogen-bond acceptors (Lipinski definition) is 5. The summed E-state index contributed by atoms with van der Waals surface area (Å²) >= 11 is 0. The van der Waals surface area contributed by atoms with Gasteiger partial charge in [0.1, 0.15) is 0 Å². The third kappa shape index (κ3) is 4.95. The first-order chi connectivity index (χ1) is 10.9. The van der Waals surface area contributed by atoms with Crippen LogP contribution in [0.2, 0.25) is 0 Å². The Morgan fingerprint density at radius 3 is 2.39 bits per heavy atom. The first-order valence-corrected chi connectivity index (χ1v) is 6.54. The highest BCUT2D eigenvalue weighted by atomic mass is 16.6. The van der Waals surface area contributed by atoms with Crippen molar-refractivity contribution < 1.29 is 24.4 Å². The lowest BCUT2D eigenvalue weighted by Crippen LogP contribution is -2.35. The second-order valence-corrected chi connectivity index (χ2v) is 4.41. The summed E-state index contributed by atoms with van der Waals surface area (Å²) in [6.07, 6.45) is 3.05. The maximum atomic E-state index is 12.0. The van der Waals surface area contributed by atoms with Crippen LogP contribution in [0.4, 0.5) is 5.69 Å². The van der Waals surface area contributed by atoms with Gasteiger partial charge in [-0.1, -0.05) is 12.2 Å². The summed E-state index contributed by atoms with van der Waals surface area (Å²) in [6.45, 7) is 7.13. The van der Waals surface area contributed by atoms with Gasteiger partial charge >= 0.3 is 11.7 Å². The van der Waals surface area contributed by atoms with Crippen LogP contribution < -0.4 is 4.74 Å². The highest BCUT2D eigenvalue weighted by Crippen LogP contribution is 2.28. The van der Waals surface area contributed by atoms with Crippen molar-refractivity contribution >= 4 is 17.6 Å². The fourth-order valence-corrected chi connectivity index (χ4v) is 1.73. The molecule has 0 aliphatic carbocycles. The first kappa shape index (κ1) is 17.9. The SMILES string of the molecule is C=CCN(CC=C)C(=O)COc1cc(C(=O)O)ccc1[N+](=O)[O-]. The molecule has 0 bridgehead atoms. The molecule has 0 atom stereocenters. The van der Waals surface area contributed by atoms with Gasteiger partial charge in [0.15, 0.2) is 12.4 Å². The maximum absolute atomic E-state index is 12.0. The van der Waals surface area contributed by atoms with E-state index in [9.17, 15) is 19.7 Å². The number of hydrogen-bond donors (Lipinski definition) is 1. The molecule has 1 N–H and O–H groups in total. The summed E-state index contributed by atoms with van der Waals surface area (Å²) in [4.78, 5) is 34.6. The van der Waals surface area contributed by atoms with Gasteiger partial charge in [-0.3, -0.25) is 14.9 Å². The van der Waals surface area contributed by atoms with E-state index in [1.54, 1.807) is 0 Å². The molecule has 8 heteroatoms. The molecule has 23 heavy (non-hydrogen) atoms. The van der Waals surface area contributed by atoms with Gasteiger partial charge in [0.05, 0.1) is 10.5 Å². The number of carbonyl (C=O) groups is 2. The number of nitro benzene ring substituents is 1. The minimum absolute atomic E-state index is 0.174. The van der Waals surface area contributed by atoms with Gasteiger partial charge in [0.25, 0.3) is 5.91 Å². The number of carboxylic acid groups (broad SMARTS) is 1. The van der Waals surface area contributed by atoms with Crippen LogP contribution in [0.1, 0.15) is 10.4 Å². The molecule has 0 fully saturated rings. The standard InChI is InChI=1S/C15H16N2O6/c1-3-7-16(8-4-2)14(18)10-23-13-9-11(15(19)20)5-6-12(13)17(21)22/h3-6,9H,1-2,7-8,10H2,(H,19,20). The largest absolute Gasteiger partial charge is 0.478 e. The number of nitrogens with zero attached hydrogens (tertiary/aromatic N) is 2. The predicted molar refractivity (Wildman–Crippen MR) is 82.5 cm³/mol. The van der Waals surface area contributed by atoms with Crippen LogP contribution >= 0.6 is 0 Å². The summed E-state index contributed by atoms with van der Waals surface area (Å²) in [5.74, 6) is -1.96. The van der Waals surface area contributed by atoms with Gasteiger partial charge in [0, 0.05) is 25.2 Å². The predicted octanol–water partition coefficient (Wildman–Crippen LogP) is 1.87. The molecule has 0 heterocycles. The van der Waals surface area contributed by atoms with Crippen molar-refractivity contribution in [2.24, 2.45) is 0 Å². The van der Waals surface area contributed by atoms with E-state index in [0.29, 0.717) is 0 Å². The van der Waals surface area contributed by atoms with Gasteiger partial charge in [-0.25, -0.2) is 4.79 Å². The zero-order valence-electron chi connectivity index (χ0n) is 12.3. The average Bonchev–Trinajstić information content (AvgIpc) is 2.51. The minimum Gasteiger partial charge on any atom is -0.478 e. The monoisotopic (exact) mass is 320 g/mol. The summed E-state index contributed by atoms with van der Waals surface area (Å²) in [6, 6.07) is 3.13. The molecule has 0 spiro atoms. The van der Waals surface area contributed by atoms with Crippen LogP contribution in [0, 0.1) is 10.1 Å². The van der Waals surface area contributed by atoms with E-state index in [1.807, 2.05) is 0 Å². The van der Waals surface area contributed by atoms with E-state index in [4.69, 9.17) is 9.84 Å². The fraction of sp³-hybridized carbons (Fsp3) is 0.200. The highest BCUT2D eigenvalue weighted by molar-refractivity contribution is 5.88. The second-order valence-electron chi connectivity index (χ2n) is 4.41. The van der Waals surface area contributed by atoms with Crippen LogP contribution in [-0.2, 0) is 4.79 Å². The summed E-state index contributed by atoms with van der Waals surface area (Å²) in [5, 5.41) is 19.9. The zero-order chi connectivity index (χ0) is 17.4. The number of aromatic carboxylic acids is 1. The molecule has 0 aliphatic rings. The Bertz CT molecular complexity index is 631. The summed E-state index contributed by atoms with van der Waals surface area (Å²) < 4.78 is 5.16. The van der Waals surface area contributed by atoms with E-state index in [0.717, 1.165) is 18.2 Å². The Kier molecular flexibility index (Phi) is 6.47. The number of rotatable bonds is 9. The Hall–Kier alpha value is -3.16. The van der Waals surface area contributed by atoms with Crippen molar-refractivity contribution in [3.8, 4) is 5.75 Å². The van der Waals surface area contributed by atoms with Gasteiger partial charge in [-0.15, -0.1) is 13.2 Å². The lowest BCUT2D eigenvalue weighted by Gasteiger charge is -2.19. The van der Waals surface area contributed by atoms with E-state index in [1.165, 1.54) is 17.1 Å². The smallest absolute Gasteiger partial charge is 0.335 e. The van der Waals surface area contributed by atoms with Crippen molar-refractivity contribution in [1.29, 1.82) is 0 Å². The van der Waals surface area contributed by atoms with Crippen molar-refractivity contribution in [2.75, 3.05) is 19.7 Å². The number of carbonyl (C=O) groups excluding carboxylic acids is 1. The zero-order valence-corrected chi connectivity index (χ0v) is 12.3. The summed E-state index contributed by atoms with van der Waals surface area (Å²) in [7, 11) is 0. The number of benzene rings is 1. The van der Waals surface area contributed by atoms with Gasteiger partial charge in [0.2, 0.25) is 0 Å². The molecule has 8 nitrogen and oxygen atoms in total. The molecular weight excluding hydrogens is 304 g/mol. The first-order valence-electron chi connectivity index (χ1n) is 6.54. The molecule has 0 aliphatic heterocycles. The quantitative estimate of drug-likeness (QED) is 0.422. The molecule has 0 radical (unpaired) electrons. The molecule has 122 valence electrons. The molecule has 0 saturated heterocycles. The van der Waals surface area contributed by atoms with Crippen molar-refractivity contribution in [1.82, 2.24) is 4.90 Å². The number of carboxylic acids is 1. The molecule has 1 aromatic rings. The molecular formula is C15H16N2O6. The Labute approximate surface area is 132 Å². The van der Waals surface area contributed by atoms with Crippen LogP contribution in [-0.4, -0.2) is 46.5 Å². The van der Waals surface area contributed by atoms with Crippen LogP contribution in [0.15, 0.2) is 43.5 Å². The molecule has 0 aromatic heterocycles. The topological polar surface area (TPSA) is 110 Å². The number of nitro groups is 1. The fourth-order valence-electron chi connectivity index (χ4n) is 1.73. The van der Waals surface area contributed by atoms with Crippen LogP contribution in [0.5, 0.6) is 5.75 Å². The Morgan fingerprint density at radius 2 is 1.91 bits per heavy atom. The van der Waals surface area contributed by atoms with Crippen LogP contribution in [0.3, 0.4) is 0 Å². The minimum atomic E-state index is -1.25. The number of amides is 1. The van der Waals surface area contributed by atoms with E-state index in [-0.39, 0.29) is 24.4 Å². The Morgan fingerprint density at radius 1 is 1.30 bits per heavy atom. The molecule has 1 aromatic carbocycles. The molecule has 0 unspecified atom stereocenters. The molecule has 0 saturated carbocycles. The number of ether oxygens (including phenoxy) is 1. The normalized spacial score (nSPS) is 9.74. The van der Waals surface area contributed by atoms with E-state index >= 15 is 0 Å². The van der Waals surface area contributed by atoms with E-state index < -0.39 is 29.1 Å².